The summed E-state index contributed by atoms with van der Waals surface area (Å²) in [5.74, 6) is -0.664. The van der Waals surface area contributed by atoms with Crippen LogP contribution in [0.15, 0.2) is 48.5 Å². The first kappa shape index (κ1) is 18.6. The van der Waals surface area contributed by atoms with E-state index in [9.17, 15) is 19.3 Å². The summed E-state index contributed by atoms with van der Waals surface area (Å²) in [6.07, 6.45) is 1.72. The zero-order chi connectivity index (χ0) is 20.7. The quantitative estimate of drug-likeness (QED) is 0.395. The highest BCUT2D eigenvalue weighted by Gasteiger charge is 2.34. The van der Waals surface area contributed by atoms with Crippen LogP contribution >= 0.6 is 0 Å². The Morgan fingerprint density at radius 1 is 1.17 bits per heavy atom. The van der Waals surface area contributed by atoms with Gasteiger partial charge in [-0.1, -0.05) is 12.1 Å². The maximum absolute atomic E-state index is 13.6. The van der Waals surface area contributed by atoms with Gasteiger partial charge in [0.25, 0.3) is 11.6 Å². The van der Waals surface area contributed by atoms with E-state index in [4.69, 9.17) is 0 Å². The number of rotatable bonds is 4. The zero-order valence-corrected chi connectivity index (χ0v) is 15.9. The van der Waals surface area contributed by atoms with Crippen molar-refractivity contribution >= 4 is 28.9 Å². The number of amides is 1. The molecule has 0 unspecified atom stereocenters. The molecule has 0 bridgehead atoms. The first-order valence-electron chi connectivity index (χ1n) is 9.06. The van der Waals surface area contributed by atoms with Crippen LogP contribution < -0.4 is 4.90 Å². The third-order valence-corrected chi connectivity index (χ3v) is 4.96. The number of carbonyl (C=O) groups is 1. The van der Waals surface area contributed by atoms with Gasteiger partial charge in [-0.2, -0.15) is 0 Å². The third-order valence-electron chi connectivity index (χ3n) is 4.96. The highest BCUT2D eigenvalue weighted by atomic mass is 19.1. The molecule has 0 atom stereocenters. The van der Waals surface area contributed by atoms with E-state index in [1.165, 1.54) is 29.2 Å². The predicted octanol–water partition coefficient (Wildman–Crippen LogP) is 4.77. The van der Waals surface area contributed by atoms with Crippen molar-refractivity contribution in [3.05, 3.63) is 92.5 Å². The Hall–Kier alpha value is -3.74. The van der Waals surface area contributed by atoms with E-state index in [1.54, 1.807) is 24.3 Å². The molecule has 1 amide bonds. The molecule has 0 radical (unpaired) electrons. The van der Waals surface area contributed by atoms with Crippen molar-refractivity contribution in [1.82, 2.24) is 4.98 Å². The van der Waals surface area contributed by atoms with Gasteiger partial charge < -0.3 is 9.88 Å². The minimum absolute atomic E-state index is 0.0885. The highest BCUT2D eigenvalue weighted by Crippen LogP contribution is 2.40. The molecule has 6 nitrogen and oxygen atoms in total. The lowest BCUT2D eigenvalue weighted by molar-refractivity contribution is -0.384. The number of hydrogen-bond donors (Lipinski definition) is 1. The predicted molar refractivity (Wildman–Crippen MR) is 109 cm³/mol. The molecule has 0 fully saturated rings. The van der Waals surface area contributed by atoms with Gasteiger partial charge in [0, 0.05) is 29.1 Å². The molecule has 1 aliphatic rings. The fourth-order valence-electron chi connectivity index (χ4n) is 3.62. The topological polar surface area (TPSA) is 79.2 Å². The number of aryl methyl sites for hydroxylation is 2. The number of H-pyrrole nitrogens is 1. The zero-order valence-electron chi connectivity index (χ0n) is 15.9. The minimum atomic E-state index is -0.484. The summed E-state index contributed by atoms with van der Waals surface area (Å²) in [5.41, 5.74) is 4.67. The van der Waals surface area contributed by atoms with Crippen molar-refractivity contribution in [2.75, 3.05) is 4.90 Å². The van der Waals surface area contributed by atoms with Gasteiger partial charge in [-0.25, -0.2) is 4.39 Å². The number of nitrogens with one attached hydrogen (secondary N) is 1. The van der Waals surface area contributed by atoms with Gasteiger partial charge in [0.05, 0.1) is 22.7 Å². The van der Waals surface area contributed by atoms with E-state index in [-0.39, 0.29) is 24.0 Å². The molecular weight excluding hydrogens is 373 g/mol. The Balaban J connectivity index is 1.83. The van der Waals surface area contributed by atoms with Gasteiger partial charge in [-0.05, 0) is 55.3 Å². The molecule has 29 heavy (non-hydrogen) atoms. The fourth-order valence-corrected chi connectivity index (χ4v) is 3.62. The number of benzene rings is 2. The van der Waals surface area contributed by atoms with Gasteiger partial charge in [-0.15, -0.1) is 0 Å². The molecule has 1 N–H and O–H groups in total. The summed E-state index contributed by atoms with van der Waals surface area (Å²) >= 11 is 0. The van der Waals surface area contributed by atoms with Gasteiger partial charge in [0.2, 0.25) is 0 Å². The number of carbonyl (C=O) groups excluding carboxylic acids is 1. The Kier molecular flexibility index (Phi) is 4.50. The van der Waals surface area contributed by atoms with Crippen molar-refractivity contribution in [3.8, 4) is 0 Å². The van der Waals surface area contributed by atoms with Gasteiger partial charge in [0.1, 0.15) is 5.82 Å². The standard InChI is InChI=1S/C22H18FN3O3/c1-13-8-14(2)24-20(13)11-19-18-10-17(26(28)29)6-7-21(18)25(22(19)27)12-15-4-3-5-16(23)9-15/h3-11,24H,12H2,1-2H3. The molecule has 4 rings (SSSR count). The molecule has 0 saturated carbocycles. The Labute approximate surface area is 166 Å². The van der Waals surface area contributed by atoms with E-state index in [0.717, 1.165) is 17.0 Å². The number of hydrogen-bond acceptors (Lipinski definition) is 3. The molecule has 0 spiro atoms. The van der Waals surface area contributed by atoms with Crippen LogP contribution in [0.5, 0.6) is 0 Å². The average molecular weight is 391 g/mol. The number of halogens is 1. The second-order valence-corrected chi connectivity index (χ2v) is 7.09. The number of nitro groups is 1. The smallest absolute Gasteiger partial charge is 0.270 e. The molecule has 0 saturated heterocycles. The lowest BCUT2D eigenvalue weighted by Crippen LogP contribution is -2.25. The SMILES string of the molecule is Cc1cc(C)c(C=C2C(=O)N(Cc3cccc(F)c3)c3ccc([N+](=O)[O-])cc32)[nH]1. The van der Waals surface area contributed by atoms with Crippen molar-refractivity contribution in [3.63, 3.8) is 0 Å². The van der Waals surface area contributed by atoms with E-state index in [2.05, 4.69) is 4.98 Å². The Morgan fingerprint density at radius 3 is 2.62 bits per heavy atom. The second-order valence-electron chi connectivity index (χ2n) is 7.09. The molecule has 7 heteroatoms. The van der Waals surface area contributed by atoms with Crippen molar-refractivity contribution < 1.29 is 14.1 Å². The number of anilines is 1. The molecule has 2 heterocycles. The van der Waals surface area contributed by atoms with E-state index in [1.807, 2.05) is 19.9 Å². The third kappa shape index (κ3) is 3.42. The maximum atomic E-state index is 13.6. The van der Waals surface area contributed by atoms with Crippen LogP contribution in [0.25, 0.3) is 11.6 Å². The summed E-state index contributed by atoms with van der Waals surface area (Å²) in [5, 5.41) is 11.3. The number of non-ortho nitro benzene ring substituents is 1. The number of fused-ring (bicyclic) bond motifs is 1. The second kappa shape index (κ2) is 7.01. The summed E-state index contributed by atoms with van der Waals surface area (Å²) in [7, 11) is 0. The summed E-state index contributed by atoms with van der Waals surface area (Å²) in [6, 6.07) is 12.4. The molecule has 146 valence electrons. The highest BCUT2D eigenvalue weighted by molar-refractivity contribution is 6.35. The maximum Gasteiger partial charge on any atom is 0.270 e. The largest absolute Gasteiger partial charge is 0.359 e. The molecule has 1 aliphatic heterocycles. The van der Waals surface area contributed by atoms with Gasteiger partial charge >= 0.3 is 0 Å². The van der Waals surface area contributed by atoms with Crippen LogP contribution in [-0.4, -0.2) is 15.8 Å². The lowest BCUT2D eigenvalue weighted by atomic mass is 10.0. The fraction of sp³-hybridized carbons (Fsp3) is 0.136. The molecule has 0 aliphatic carbocycles. The average Bonchev–Trinajstić information content (AvgIpc) is 3.12. The van der Waals surface area contributed by atoms with Crippen LogP contribution in [0.2, 0.25) is 0 Å². The molecule has 1 aromatic heterocycles. The first-order valence-corrected chi connectivity index (χ1v) is 9.06. The number of nitro benzene ring substituents is 1. The lowest BCUT2D eigenvalue weighted by Gasteiger charge is -2.17. The summed E-state index contributed by atoms with van der Waals surface area (Å²) in [6.45, 7) is 4.01. The number of aromatic nitrogens is 1. The number of nitrogens with zero attached hydrogens (tertiary/aromatic N) is 2. The van der Waals surface area contributed by atoms with Crippen LogP contribution in [0.1, 0.15) is 28.1 Å². The van der Waals surface area contributed by atoms with Crippen LogP contribution in [0.3, 0.4) is 0 Å². The first-order chi connectivity index (χ1) is 13.8. The minimum Gasteiger partial charge on any atom is -0.359 e. The van der Waals surface area contributed by atoms with E-state index in [0.29, 0.717) is 22.4 Å². The van der Waals surface area contributed by atoms with E-state index < -0.39 is 4.92 Å². The van der Waals surface area contributed by atoms with Crippen LogP contribution in [0.4, 0.5) is 15.8 Å². The Morgan fingerprint density at radius 2 is 1.97 bits per heavy atom. The van der Waals surface area contributed by atoms with Crippen molar-refractivity contribution in [2.45, 2.75) is 20.4 Å². The monoisotopic (exact) mass is 391 g/mol. The Bertz CT molecular complexity index is 1180. The van der Waals surface area contributed by atoms with Gasteiger partial charge in [0.15, 0.2) is 0 Å². The van der Waals surface area contributed by atoms with E-state index >= 15 is 0 Å². The van der Waals surface area contributed by atoms with Crippen LogP contribution in [0, 0.1) is 29.8 Å². The summed E-state index contributed by atoms with van der Waals surface area (Å²) < 4.78 is 13.6. The van der Waals surface area contributed by atoms with Gasteiger partial charge in [-0.3, -0.25) is 14.9 Å². The summed E-state index contributed by atoms with van der Waals surface area (Å²) in [4.78, 5) is 28.7. The normalized spacial score (nSPS) is 14.5. The van der Waals surface area contributed by atoms with Crippen LogP contribution in [-0.2, 0) is 11.3 Å². The van der Waals surface area contributed by atoms with Crippen molar-refractivity contribution in [1.29, 1.82) is 0 Å². The van der Waals surface area contributed by atoms with Crippen molar-refractivity contribution in [2.24, 2.45) is 0 Å². The molecular formula is C22H18FN3O3. The molecule has 3 aromatic rings. The number of aromatic amines is 1. The molecule has 2 aromatic carbocycles.